The Morgan fingerprint density at radius 1 is 1.10 bits per heavy atom. The van der Waals surface area contributed by atoms with Crippen molar-refractivity contribution in [1.82, 2.24) is 0 Å². The van der Waals surface area contributed by atoms with Gasteiger partial charge < -0.3 is 0 Å². The van der Waals surface area contributed by atoms with E-state index in [2.05, 4.69) is 0 Å². The molecule has 0 aromatic heterocycles. The average Bonchev–Trinajstić information content (AvgIpc) is 2.47. The van der Waals surface area contributed by atoms with Gasteiger partial charge in [-0.3, -0.25) is 0 Å². The highest BCUT2D eigenvalue weighted by Crippen LogP contribution is 2.32. The molecule has 2 aromatic carbocycles. The van der Waals surface area contributed by atoms with Crippen molar-refractivity contribution in [3.63, 3.8) is 0 Å². The van der Waals surface area contributed by atoms with Crippen LogP contribution in [-0.4, -0.2) is 14.7 Å². The van der Waals surface area contributed by atoms with Gasteiger partial charge >= 0.3 is 0 Å². The molecule has 0 unspecified atom stereocenters. The molecule has 3 nitrogen and oxygen atoms in total. The first-order valence-electron chi connectivity index (χ1n) is 5.56. The number of hydrogen-bond acceptors (Lipinski definition) is 3. The number of thioether (sulfide) groups is 1. The zero-order valence-corrected chi connectivity index (χ0v) is 13.6. The second-order valence-electron chi connectivity index (χ2n) is 3.85. The molecule has 0 saturated carbocycles. The molecular formula is C13H11Cl2NO2S2. The van der Waals surface area contributed by atoms with E-state index in [1.807, 2.05) is 6.26 Å². The maximum absolute atomic E-state index is 12.3. The number of anilines is 1. The molecule has 2 aromatic rings. The molecule has 0 spiro atoms. The maximum atomic E-state index is 12.3. The van der Waals surface area contributed by atoms with E-state index in [1.54, 1.807) is 30.3 Å². The lowest BCUT2D eigenvalue weighted by Crippen LogP contribution is -2.21. The molecule has 0 aliphatic heterocycles. The number of rotatable bonds is 4. The van der Waals surface area contributed by atoms with Crippen LogP contribution in [0, 0.1) is 0 Å². The summed E-state index contributed by atoms with van der Waals surface area (Å²) in [6, 6.07) is 12.9. The van der Waals surface area contributed by atoms with Gasteiger partial charge in [-0.2, -0.15) is 12.2 Å². The highest BCUT2D eigenvalue weighted by molar-refractivity contribution is 7.98. The smallest absolute Gasteiger partial charge is 0.200 e. The normalized spacial score (nSPS) is 11.3. The molecule has 0 atom stereocenters. The van der Waals surface area contributed by atoms with Crippen molar-refractivity contribution in [2.45, 2.75) is 9.79 Å². The fourth-order valence-corrected chi connectivity index (χ4v) is 3.87. The molecule has 2 rings (SSSR count). The summed E-state index contributed by atoms with van der Waals surface area (Å²) in [6.45, 7) is 0. The Morgan fingerprint density at radius 3 is 2.30 bits per heavy atom. The molecule has 20 heavy (non-hydrogen) atoms. The maximum Gasteiger partial charge on any atom is 0.278 e. The highest BCUT2D eigenvalue weighted by atomic mass is 35.5. The lowest BCUT2D eigenvalue weighted by Gasteiger charge is -2.17. The Labute approximate surface area is 132 Å². The molecule has 0 N–H and O–H groups in total. The predicted octanol–water partition coefficient (Wildman–Crippen LogP) is 4.41. The van der Waals surface area contributed by atoms with Gasteiger partial charge in [0.2, 0.25) is 0 Å². The first-order valence-corrected chi connectivity index (χ1v) is 8.94. The Morgan fingerprint density at radius 2 is 1.75 bits per heavy atom. The van der Waals surface area contributed by atoms with Gasteiger partial charge in [-0.15, -0.1) is 11.8 Å². The van der Waals surface area contributed by atoms with Gasteiger partial charge in [0.05, 0.1) is 15.6 Å². The third kappa shape index (κ3) is 3.06. The molecule has 0 aliphatic carbocycles. The van der Waals surface area contributed by atoms with E-state index in [1.165, 1.54) is 30.0 Å². The SMILES string of the molecule is CSc1ccc(N(Cl)S(=O)(=O)c2ccccc2)cc1Cl. The van der Waals surface area contributed by atoms with Crippen LogP contribution in [-0.2, 0) is 10.0 Å². The zero-order valence-electron chi connectivity index (χ0n) is 10.5. The summed E-state index contributed by atoms with van der Waals surface area (Å²) >= 11 is 13.5. The number of nitrogens with zero attached hydrogens (tertiary/aromatic N) is 1. The van der Waals surface area contributed by atoms with Crippen molar-refractivity contribution in [1.29, 1.82) is 0 Å². The molecule has 0 bridgehead atoms. The van der Waals surface area contributed by atoms with Crippen LogP contribution in [0.1, 0.15) is 0 Å². The largest absolute Gasteiger partial charge is 0.278 e. The van der Waals surface area contributed by atoms with Crippen molar-refractivity contribution in [3.05, 3.63) is 53.6 Å². The minimum atomic E-state index is -3.80. The van der Waals surface area contributed by atoms with Gasteiger partial charge in [-0.05, 0) is 36.6 Å². The van der Waals surface area contributed by atoms with Crippen molar-refractivity contribution in [2.75, 3.05) is 10.1 Å². The van der Waals surface area contributed by atoms with Gasteiger partial charge in [-0.1, -0.05) is 29.8 Å². The number of sulfonamides is 1. The van der Waals surface area contributed by atoms with Crippen LogP contribution in [0.2, 0.25) is 5.02 Å². The van der Waals surface area contributed by atoms with Crippen LogP contribution in [0.25, 0.3) is 0 Å². The third-order valence-electron chi connectivity index (χ3n) is 2.59. The summed E-state index contributed by atoms with van der Waals surface area (Å²) < 4.78 is 25.4. The topological polar surface area (TPSA) is 37.4 Å². The Bertz CT molecular complexity index is 706. The lowest BCUT2D eigenvalue weighted by molar-refractivity contribution is 0.598. The second-order valence-corrected chi connectivity index (χ2v) is 7.43. The molecule has 0 heterocycles. The average molecular weight is 348 g/mol. The lowest BCUT2D eigenvalue weighted by atomic mass is 10.3. The Balaban J connectivity index is 2.41. The van der Waals surface area contributed by atoms with Crippen molar-refractivity contribution in [2.24, 2.45) is 0 Å². The van der Waals surface area contributed by atoms with Crippen LogP contribution in [0.3, 0.4) is 0 Å². The van der Waals surface area contributed by atoms with Gasteiger partial charge in [0, 0.05) is 16.7 Å². The molecule has 0 aliphatic rings. The van der Waals surface area contributed by atoms with Crippen LogP contribution >= 0.6 is 35.1 Å². The second kappa shape index (κ2) is 6.26. The Hall–Kier alpha value is -0.880. The molecule has 7 heteroatoms. The van der Waals surface area contributed by atoms with E-state index >= 15 is 0 Å². The van der Waals surface area contributed by atoms with Gasteiger partial charge in [0.25, 0.3) is 10.0 Å². The molecule has 0 fully saturated rings. The van der Waals surface area contributed by atoms with Crippen LogP contribution in [0.5, 0.6) is 0 Å². The summed E-state index contributed by atoms with van der Waals surface area (Å²) in [5.74, 6) is 0. The first-order chi connectivity index (χ1) is 9.46. The summed E-state index contributed by atoms with van der Waals surface area (Å²) in [5, 5.41) is 0.462. The Kier molecular flexibility index (Phi) is 4.86. The van der Waals surface area contributed by atoms with Gasteiger partial charge in [0.15, 0.2) is 0 Å². The highest BCUT2D eigenvalue weighted by Gasteiger charge is 2.23. The number of halogens is 2. The number of hydrogen-bond donors (Lipinski definition) is 0. The van der Waals surface area contributed by atoms with Crippen LogP contribution in [0.4, 0.5) is 5.69 Å². The van der Waals surface area contributed by atoms with E-state index in [-0.39, 0.29) is 4.90 Å². The van der Waals surface area contributed by atoms with Crippen molar-refractivity contribution >= 4 is 50.9 Å². The van der Waals surface area contributed by atoms with Crippen LogP contribution in [0.15, 0.2) is 58.3 Å². The quantitative estimate of drug-likeness (QED) is 0.607. The van der Waals surface area contributed by atoms with E-state index in [0.29, 0.717) is 14.5 Å². The first kappa shape index (κ1) is 15.5. The summed E-state index contributed by atoms with van der Waals surface area (Å²) in [5.41, 5.74) is 0.304. The van der Waals surface area contributed by atoms with Crippen molar-refractivity contribution < 1.29 is 8.42 Å². The fraction of sp³-hybridized carbons (Fsp3) is 0.0769. The van der Waals surface area contributed by atoms with E-state index < -0.39 is 10.0 Å². The van der Waals surface area contributed by atoms with Crippen molar-refractivity contribution in [3.8, 4) is 0 Å². The third-order valence-corrected chi connectivity index (χ3v) is 6.05. The zero-order chi connectivity index (χ0) is 14.8. The summed E-state index contributed by atoms with van der Waals surface area (Å²) in [4.78, 5) is 0.984. The van der Waals surface area contributed by atoms with E-state index in [9.17, 15) is 8.42 Å². The van der Waals surface area contributed by atoms with E-state index in [0.717, 1.165) is 4.90 Å². The summed E-state index contributed by atoms with van der Waals surface area (Å²) in [6.07, 6.45) is 1.89. The van der Waals surface area contributed by atoms with Gasteiger partial charge in [0.1, 0.15) is 0 Å². The molecular weight excluding hydrogens is 337 g/mol. The summed E-state index contributed by atoms with van der Waals surface area (Å²) in [7, 11) is -3.80. The van der Waals surface area contributed by atoms with E-state index in [4.69, 9.17) is 23.4 Å². The minimum Gasteiger partial charge on any atom is -0.200 e. The monoisotopic (exact) mass is 347 g/mol. The number of benzene rings is 2. The molecule has 0 radical (unpaired) electrons. The van der Waals surface area contributed by atoms with Crippen LogP contribution < -0.4 is 3.82 Å². The molecule has 106 valence electrons. The molecule has 0 saturated heterocycles. The fourth-order valence-electron chi connectivity index (χ4n) is 1.59. The van der Waals surface area contributed by atoms with Gasteiger partial charge in [-0.25, -0.2) is 0 Å². The molecule has 0 amide bonds. The minimum absolute atomic E-state index is 0.125. The predicted molar refractivity (Wildman–Crippen MR) is 85.2 cm³/mol. The standard InChI is InChI=1S/C13H11Cl2NO2S2/c1-19-13-8-7-10(9-12(13)14)16(15)20(17,18)11-5-3-2-4-6-11/h2-9H,1H3.